The molecular weight excluding hydrogens is 1340 g/mol. The van der Waals surface area contributed by atoms with E-state index in [2.05, 4.69) is 27.7 Å². The molecule has 566 valence electrons. The topological polar surface area (TPSA) is 250 Å². The number of ether oxygens (including phenoxy) is 8. The normalized spacial score (nSPS) is 50.4. The molecule has 20 fully saturated rings. The van der Waals surface area contributed by atoms with Crippen LogP contribution in [0.15, 0.2) is 60.7 Å². The number of carbonyl (C=O) groups excluding carboxylic acids is 6. The molecule has 16 saturated heterocycles. The van der Waals surface area contributed by atoms with Crippen LogP contribution in [0, 0.1) is 92.7 Å². The summed E-state index contributed by atoms with van der Waals surface area (Å²) in [6, 6.07) is 18.2. The van der Waals surface area contributed by atoms with Crippen molar-refractivity contribution in [2.45, 2.75) is 306 Å². The molecule has 2 aromatic rings. The van der Waals surface area contributed by atoms with Gasteiger partial charge in [-0.05, 0) is 167 Å². The molecule has 22 rings (SSSR count). The first kappa shape index (κ1) is 70.8. The number of fused-ring (bicyclic) bond motifs is 8. The number of carbonyl (C=O) groups is 6. The minimum Gasteiger partial charge on any atom is -0.432 e. The fraction of sp³-hybridized carbons (Fsp3) is 0.780. The summed E-state index contributed by atoms with van der Waals surface area (Å²) in [6.45, 7) is 16.2. The SMILES string of the molecule is CC1CCC2C(CCCCCCC3(CC4(CCC(=O)c5ccccc5)C(=O)OC5OC6(C)CCC7C(C)CCC4C57OO6)C(=O)OC4OC5(C)CCC6C(C)CCC3C46OO5)(CC3(CCC(=O)c4ccccc4)C(=O)OC4OC5(C)CCC6C(C)CCC3C46OO5)C(=O)OC3OC4(C)CCC1C32OO4. The Morgan fingerprint density at radius 1 is 0.337 bits per heavy atom. The Labute approximate surface area is 608 Å². The summed E-state index contributed by atoms with van der Waals surface area (Å²) in [7, 11) is 0. The van der Waals surface area contributed by atoms with Crippen LogP contribution in [-0.2, 0) is 96.2 Å². The van der Waals surface area contributed by atoms with E-state index in [1.54, 1.807) is 24.3 Å². The van der Waals surface area contributed by atoms with Crippen molar-refractivity contribution in [2.24, 2.45) is 92.7 Å². The number of esters is 4. The zero-order valence-electron chi connectivity index (χ0n) is 61.8. The van der Waals surface area contributed by atoms with E-state index < -0.39 is 140 Å². The van der Waals surface area contributed by atoms with Gasteiger partial charge in [0.25, 0.3) is 0 Å². The lowest BCUT2D eigenvalue weighted by atomic mass is 9.45. The number of ketones is 2. The van der Waals surface area contributed by atoms with Gasteiger partial charge in [-0.15, -0.1) is 0 Å². The zero-order chi connectivity index (χ0) is 72.0. The molecule has 22 nitrogen and oxygen atoms in total. The zero-order valence-corrected chi connectivity index (χ0v) is 61.8. The van der Waals surface area contributed by atoms with Crippen LogP contribution in [0.2, 0.25) is 0 Å². The maximum atomic E-state index is 16.6. The van der Waals surface area contributed by atoms with E-state index in [-0.39, 0.29) is 110 Å². The smallest absolute Gasteiger partial charge is 0.314 e. The van der Waals surface area contributed by atoms with Gasteiger partial charge in [-0.3, -0.25) is 28.8 Å². The molecule has 22 heteroatoms. The van der Waals surface area contributed by atoms with Gasteiger partial charge >= 0.3 is 23.9 Å². The molecule has 16 heterocycles. The molecule has 0 amide bonds. The maximum Gasteiger partial charge on any atom is 0.314 e. The van der Waals surface area contributed by atoms with Crippen molar-refractivity contribution in [3.05, 3.63) is 71.8 Å². The fourth-order valence-electron chi connectivity index (χ4n) is 25.9. The number of rotatable bonds is 19. The third-order valence-electron chi connectivity index (χ3n) is 31.1. The lowest BCUT2D eigenvalue weighted by Crippen LogP contribution is -2.76. The number of hydrogen-bond acceptors (Lipinski definition) is 22. The van der Waals surface area contributed by atoms with Crippen molar-refractivity contribution >= 4 is 35.4 Å². The molecule has 4 aliphatic carbocycles. The van der Waals surface area contributed by atoms with Gasteiger partial charge in [0.15, 0.2) is 34.0 Å². The van der Waals surface area contributed by atoms with Crippen LogP contribution in [0.3, 0.4) is 0 Å². The van der Waals surface area contributed by atoms with Gasteiger partial charge in [0, 0.05) is 97.0 Å². The number of unbranched alkanes of at least 4 members (excludes halogenated alkanes) is 3. The highest BCUT2D eigenvalue weighted by molar-refractivity contribution is 5.97. The van der Waals surface area contributed by atoms with Gasteiger partial charge in [0.2, 0.25) is 48.3 Å². The molecule has 0 radical (unpaired) electrons. The van der Waals surface area contributed by atoms with Crippen molar-refractivity contribution < 1.29 is 106 Å². The van der Waals surface area contributed by atoms with Crippen LogP contribution >= 0.6 is 0 Å². The predicted molar refractivity (Wildman–Crippen MR) is 362 cm³/mol. The highest BCUT2D eigenvalue weighted by Gasteiger charge is 2.83. The summed E-state index contributed by atoms with van der Waals surface area (Å²) in [4.78, 5) is 149. The average Bonchev–Trinajstić information content (AvgIpc) is 1.17. The standard InChI is InChI=1S/C82H106O22/c1-47-23-27-59-75(63(85)89-67-79(59)53(47)31-39-71(5,93-67)97-101-79,45-77(43-35-57(83)51-19-13-11-14-20-51)61-29-25-49(3)55-33-41-73(7)95-69(91-65(77)87)81(55,61)103-99-73)37-17-9-10-18-38-76(60-28-24-48(2)54-32-40-72(6)94-68(90-64(76)86)80(54,60)102-98-72)46-78(44-36-58(84)52-21-15-12-16-22-52)62-30-26-50(4)56-34-42-74(8)96-70(92-66(78)88)82(56,62)104-100-74/h11-16,19-22,47-50,53-56,59-62,67-70H,9-10,17-18,23-46H2,1-8H3. The van der Waals surface area contributed by atoms with Crippen LogP contribution in [0.4, 0.5) is 0 Å². The van der Waals surface area contributed by atoms with Gasteiger partial charge in [-0.1, -0.05) is 114 Å². The molecule has 4 saturated carbocycles. The summed E-state index contributed by atoms with van der Waals surface area (Å²) < 4.78 is 54.7. The predicted octanol–water partition coefficient (Wildman–Crippen LogP) is 14.5. The van der Waals surface area contributed by atoms with E-state index in [9.17, 15) is 9.59 Å². The van der Waals surface area contributed by atoms with E-state index in [0.717, 1.165) is 25.7 Å². The molecule has 28 unspecified atom stereocenters. The van der Waals surface area contributed by atoms with Crippen molar-refractivity contribution in [2.75, 3.05) is 0 Å². The Balaban J connectivity index is 0.727. The second-order valence-corrected chi connectivity index (χ2v) is 36.5. The third-order valence-corrected chi connectivity index (χ3v) is 31.1. The quantitative estimate of drug-likeness (QED) is 0.0417. The molecule has 0 aromatic heterocycles. The Morgan fingerprint density at radius 3 is 0.865 bits per heavy atom. The first-order chi connectivity index (χ1) is 49.8. The second kappa shape index (κ2) is 24.8. The molecule has 16 aliphatic heterocycles. The molecule has 2 aromatic carbocycles. The Bertz CT molecular complexity index is 3510. The first-order valence-electron chi connectivity index (χ1n) is 40.0. The fourth-order valence-corrected chi connectivity index (χ4v) is 25.9. The van der Waals surface area contributed by atoms with Crippen molar-refractivity contribution in [3.63, 3.8) is 0 Å². The van der Waals surface area contributed by atoms with E-state index >= 15 is 19.2 Å². The number of hydrogen-bond donors (Lipinski definition) is 0. The van der Waals surface area contributed by atoms with E-state index in [1.807, 2.05) is 64.1 Å². The van der Waals surface area contributed by atoms with E-state index in [1.165, 1.54) is 0 Å². The van der Waals surface area contributed by atoms with Crippen LogP contribution in [0.1, 0.15) is 256 Å². The average molecular weight is 1440 g/mol. The van der Waals surface area contributed by atoms with Gasteiger partial charge < -0.3 is 37.9 Å². The highest BCUT2D eigenvalue weighted by atomic mass is 17.3. The largest absolute Gasteiger partial charge is 0.432 e. The van der Waals surface area contributed by atoms with Gasteiger partial charge in [0.1, 0.15) is 0 Å². The molecule has 8 bridgehead atoms. The lowest BCUT2D eigenvalue weighted by Gasteiger charge is -2.65. The Hall–Kier alpha value is -4.82. The molecular formula is C82H106O22. The highest BCUT2D eigenvalue weighted by Crippen LogP contribution is 2.74. The maximum absolute atomic E-state index is 16.6. The lowest BCUT2D eigenvalue weighted by molar-refractivity contribution is -0.566. The third kappa shape index (κ3) is 10.1. The molecule has 0 N–H and O–H groups in total. The number of benzene rings is 2. The summed E-state index contributed by atoms with van der Waals surface area (Å²) in [5, 5.41) is 0. The summed E-state index contributed by atoms with van der Waals surface area (Å²) in [5.74, 6) is -9.74. The monoisotopic (exact) mass is 1440 g/mol. The minimum absolute atomic E-state index is 0.0336. The molecule has 20 aliphatic rings. The van der Waals surface area contributed by atoms with Crippen molar-refractivity contribution in [1.82, 2.24) is 0 Å². The Morgan fingerprint density at radius 2 is 0.596 bits per heavy atom. The first-order valence-corrected chi connectivity index (χ1v) is 40.0. The summed E-state index contributed by atoms with van der Waals surface area (Å²) >= 11 is 0. The minimum atomic E-state index is -1.54. The van der Waals surface area contributed by atoms with Gasteiger partial charge in [-0.2, -0.15) is 0 Å². The summed E-state index contributed by atoms with van der Waals surface area (Å²) in [5.41, 5.74) is -10.1. The molecule has 4 spiro atoms. The molecule has 28 atom stereocenters. The van der Waals surface area contributed by atoms with Crippen LogP contribution in [-0.4, -0.2) is 106 Å². The van der Waals surface area contributed by atoms with E-state index in [0.29, 0.717) is 114 Å². The number of Topliss-reactive ketones (excluding diaryl/α,β-unsaturated/α-hetero) is 2. The van der Waals surface area contributed by atoms with Crippen molar-refractivity contribution in [3.8, 4) is 0 Å². The van der Waals surface area contributed by atoms with Gasteiger partial charge in [0.05, 0.1) is 21.7 Å². The van der Waals surface area contributed by atoms with Gasteiger partial charge in [-0.25, -0.2) is 39.1 Å². The van der Waals surface area contributed by atoms with Crippen LogP contribution < -0.4 is 0 Å². The van der Waals surface area contributed by atoms with Crippen molar-refractivity contribution in [1.29, 1.82) is 0 Å². The molecule has 104 heavy (non-hydrogen) atoms. The van der Waals surface area contributed by atoms with Crippen LogP contribution in [0.25, 0.3) is 0 Å². The van der Waals surface area contributed by atoms with E-state index in [4.69, 9.17) is 77.0 Å². The Kier molecular flexibility index (Phi) is 16.9. The van der Waals surface area contributed by atoms with Crippen LogP contribution in [0.5, 0.6) is 0 Å². The second-order valence-electron chi connectivity index (χ2n) is 36.5. The summed E-state index contributed by atoms with van der Waals surface area (Å²) in [6.07, 6.45) is 7.72.